The van der Waals surface area contributed by atoms with Crippen LogP contribution in [0.2, 0.25) is 0 Å². The summed E-state index contributed by atoms with van der Waals surface area (Å²) in [6.45, 7) is 2.15. The highest BCUT2D eigenvalue weighted by atomic mass is 79.9. The van der Waals surface area contributed by atoms with Gasteiger partial charge < -0.3 is 0 Å². The molecule has 0 bridgehead atoms. The van der Waals surface area contributed by atoms with Gasteiger partial charge in [0.05, 0.1) is 4.47 Å². The maximum atomic E-state index is 13.8. The number of rotatable bonds is 3. The largest absolute Gasteiger partial charge is 0.299 e. The second-order valence-electron chi connectivity index (χ2n) is 4.37. The number of hydrogen-bond acceptors (Lipinski definition) is 1. The van der Waals surface area contributed by atoms with Crippen LogP contribution in [0.25, 0.3) is 0 Å². The lowest BCUT2D eigenvalue weighted by Gasteiger charge is -2.17. The molecule has 0 aliphatic carbocycles. The van der Waals surface area contributed by atoms with Gasteiger partial charge in [-0.05, 0) is 46.9 Å². The van der Waals surface area contributed by atoms with Crippen molar-refractivity contribution in [1.82, 2.24) is 4.90 Å². The number of benzene rings is 1. The van der Waals surface area contributed by atoms with Gasteiger partial charge in [-0.3, -0.25) is 4.90 Å². The molecule has 1 aliphatic heterocycles. The van der Waals surface area contributed by atoms with Crippen LogP contribution in [0.3, 0.4) is 0 Å². The molecule has 0 saturated carbocycles. The van der Waals surface area contributed by atoms with Crippen LogP contribution < -0.4 is 0 Å². The van der Waals surface area contributed by atoms with E-state index in [-0.39, 0.29) is 5.56 Å². The number of hydrogen-bond donors (Lipinski definition) is 0. The Morgan fingerprint density at radius 2 is 2.12 bits per heavy atom. The maximum Gasteiger partial charge on any atom is 0.144 e. The van der Waals surface area contributed by atoms with E-state index in [9.17, 15) is 8.78 Å². The van der Waals surface area contributed by atoms with Gasteiger partial charge in [-0.25, -0.2) is 8.78 Å². The van der Waals surface area contributed by atoms with Gasteiger partial charge in [0.1, 0.15) is 11.6 Å². The van der Waals surface area contributed by atoms with Crippen LogP contribution in [0.1, 0.15) is 12.0 Å². The smallest absolute Gasteiger partial charge is 0.144 e. The zero-order chi connectivity index (χ0) is 12.4. The highest BCUT2D eigenvalue weighted by molar-refractivity contribution is 9.10. The molecule has 1 heterocycles. The molecule has 0 amide bonds. The van der Waals surface area contributed by atoms with Crippen LogP contribution in [0, 0.1) is 17.6 Å². The van der Waals surface area contributed by atoms with E-state index >= 15 is 0 Å². The van der Waals surface area contributed by atoms with Gasteiger partial charge in [-0.15, -0.1) is 0 Å². The molecule has 0 radical (unpaired) electrons. The highest BCUT2D eigenvalue weighted by Gasteiger charge is 2.23. The van der Waals surface area contributed by atoms with Crippen molar-refractivity contribution < 1.29 is 8.78 Å². The van der Waals surface area contributed by atoms with Crippen molar-refractivity contribution in [3.05, 3.63) is 33.8 Å². The van der Waals surface area contributed by atoms with E-state index < -0.39 is 11.6 Å². The van der Waals surface area contributed by atoms with E-state index in [1.807, 2.05) is 0 Å². The molecular formula is C12H13Br2F2N. The van der Waals surface area contributed by atoms with Gasteiger partial charge in [-0.2, -0.15) is 0 Å². The molecule has 1 nitrogen and oxygen atoms in total. The molecule has 2 rings (SSSR count). The fourth-order valence-electron chi connectivity index (χ4n) is 2.12. The molecule has 0 aromatic heterocycles. The predicted molar refractivity (Wildman–Crippen MR) is 71.2 cm³/mol. The van der Waals surface area contributed by atoms with Crippen LogP contribution >= 0.6 is 31.9 Å². The Labute approximate surface area is 116 Å². The maximum absolute atomic E-state index is 13.8. The Morgan fingerprint density at radius 1 is 1.35 bits per heavy atom. The molecule has 0 N–H and O–H groups in total. The lowest BCUT2D eigenvalue weighted by molar-refractivity contribution is 0.309. The summed E-state index contributed by atoms with van der Waals surface area (Å²) in [5.74, 6) is -0.353. The molecule has 17 heavy (non-hydrogen) atoms. The zero-order valence-electron chi connectivity index (χ0n) is 9.23. The van der Waals surface area contributed by atoms with Crippen molar-refractivity contribution in [2.45, 2.75) is 13.0 Å². The third kappa shape index (κ3) is 3.06. The Bertz CT molecular complexity index is 412. The number of alkyl halides is 1. The third-order valence-electron chi connectivity index (χ3n) is 3.11. The predicted octanol–water partition coefficient (Wildman–Crippen LogP) is 3.94. The van der Waals surface area contributed by atoms with Crippen LogP contribution in [0.15, 0.2) is 16.6 Å². The molecule has 5 heteroatoms. The van der Waals surface area contributed by atoms with Gasteiger partial charge in [0.2, 0.25) is 0 Å². The summed E-state index contributed by atoms with van der Waals surface area (Å²) in [5.41, 5.74) is 0.162. The summed E-state index contributed by atoms with van der Waals surface area (Å²) in [6, 6.07) is 2.71. The summed E-state index contributed by atoms with van der Waals surface area (Å²) in [7, 11) is 0. The van der Waals surface area contributed by atoms with E-state index in [2.05, 4.69) is 36.8 Å². The first kappa shape index (κ1) is 13.4. The minimum Gasteiger partial charge on any atom is -0.299 e. The van der Waals surface area contributed by atoms with Gasteiger partial charge >= 0.3 is 0 Å². The van der Waals surface area contributed by atoms with Crippen molar-refractivity contribution in [3.8, 4) is 0 Å². The summed E-state index contributed by atoms with van der Waals surface area (Å²) in [5, 5.41) is 0.951. The third-order valence-corrected chi connectivity index (χ3v) is 4.64. The minimum atomic E-state index is -0.479. The first-order valence-electron chi connectivity index (χ1n) is 5.52. The van der Waals surface area contributed by atoms with E-state index in [4.69, 9.17) is 0 Å². The van der Waals surface area contributed by atoms with Gasteiger partial charge in [0, 0.05) is 24.0 Å². The quantitative estimate of drug-likeness (QED) is 0.576. The van der Waals surface area contributed by atoms with E-state index in [0.717, 1.165) is 24.8 Å². The molecule has 1 fully saturated rings. The van der Waals surface area contributed by atoms with Crippen LogP contribution in [0.4, 0.5) is 8.78 Å². The Balaban J connectivity index is 2.11. The Morgan fingerprint density at radius 3 is 2.76 bits per heavy atom. The van der Waals surface area contributed by atoms with Gasteiger partial charge in [0.15, 0.2) is 0 Å². The van der Waals surface area contributed by atoms with Gasteiger partial charge in [0.25, 0.3) is 0 Å². The number of likely N-dealkylation sites (tertiary alicyclic amines) is 1. The second-order valence-corrected chi connectivity index (χ2v) is 5.87. The first-order valence-corrected chi connectivity index (χ1v) is 7.44. The SMILES string of the molecule is Fc1ccc(Br)c(F)c1CN1CCC(CBr)C1. The molecule has 1 saturated heterocycles. The Kier molecular flexibility index (Phi) is 4.55. The summed E-state index contributed by atoms with van der Waals surface area (Å²) >= 11 is 6.53. The molecule has 1 aromatic rings. The lowest BCUT2D eigenvalue weighted by Crippen LogP contribution is -2.22. The first-order chi connectivity index (χ1) is 8.11. The molecule has 1 aliphatic rings. The van der Waals surface area contributed by atoms with E-state index in [1.54, 1.807) is 0 Å². The summed E-state index contributed by atoms with van der Waals surface area (Å²) in [4.78, 5) is 2.10. The average molecular weight is 369 g/mol. The molecule has 1 atom stereocenters. The highest BCUT2D eigenvalue weighted by Crippen LogP contribution is 2.25. The van der Waals surface area contributed by atoms with Crippen LogP contribution in [-0.4, -0.2) is 23.3 Å². The zero-order valence-corrected chi connectivity index (χ0v) is 12.4. The fourth-order valence-corrected chi connectivity index (χ4v) is 3.02. The topological polar surface area (TPSA) is 3.24 Å². The van der Waals surface area contributed by atoms with Crippen molar-refractivity contribution in [2.75, 3.05) is 18.4 Å². The molecular weight excluding hydrogens is 356 g/mol. The van der Waals surface area contributed by atoms with E-state index in [1.165, 1.54) is 12.1 Å². The van der Waals surface area contributed by atoms with Crippen LogP contribution in [0.5, 0.6) is 0 Å². The van der Waals surface area contributed by atoms with Gasteiger partial charge in [-0.1, -0.05) is 15.9 Å². The summed E-state index contributed by atoms with van der Waals surface area (Å²) < 4.78 is 27.7. The molecule has 1 aromatic carbocycles. The molecule has 0 spiro atoms. The van der Waals surface area contributed by atoms with Crippen molar-refractivity contribution in [1.29, 1.82) is 0 Å². The number of nitrogens with zero attached hydrogens (tertiary/aromatic N) is 1. The second kappa shape index (κ2) is 5.76. The van der Waals surface area contributed by atoms with Crippen LogP contribution in [-0.2, 0) is 6.54 Å². The summed E-state index contributed by atoms with van der Waals surface area (Å²) in [6.07, 6.45) is 1.09. The number of halogens is 4. The monoisotopic (exact) mass is 367 g/mol. The average Bonchev–Trinajstić information content (AvgIpc) is 2.77. The lowest BCUT2D eigenvalue weighted by atomic mass is 10.1. The molecule has 94 valence electrons. The fraction of sp³-hybridized carbons (Fsp3) is 0.500. The van der Waals surface area contributed by atoms with Crippen molar-refractivity contribution in [3.63, 3.8) is 0 Å². The minimum absolute atomic E-state index is 0.162. The van der Waals surface area contributed by atoms with Crippen molar-refractivity contribution in [2.24, 2.45) is 5.92 Å². The van der Waals surface area contributed by atoms with Crippen molar-refractivity contribution >= 4 is 31.9 Å². The normalized spacial score (nSPS) is 21.1. The standard InChI is InChI=1S/C12H13Br2F2N/c13-5-8-3-4-17(6-8)7-9-11(15)2-1-10(14)12(9)16/h1-2,8H,3-7H2. The Hall–Kier alpha value is -0.000000000000000111. The van der Waals surface area contributed by atoms with E-state index in [0.29, 0.717) is 16.9 Å². The molecule has 1 unspecified atom stereocenters.